The zero-order valence-electron chi connectivity index (χ0n) is 23.1. The first-order valence-corrected chi connectivity index (χ1v) is 14.2. The van der Waals surface area contributed by atoms with Crippen molar-refractivity contribution >= 4 is 17.4 Å². The van der Waals surface area contributed by atoms with Crippen LogP contribution in [0.3, 0.4) is 0 Å². The van der Waals surface area contributed by atoms with E-state index in [2.05, 4.69) is 22.0 Å². The number of carbonyl (C=O) groups excluding carboxylic acids is 1. The molecule has 3 rings (SSSR count). The van der Waals surface area contributed by atoms with Crippen molar-refractivity contribution in [2.45, 2.75) is 57.7 Å². The van der Waals surface area contributed by atoms with Crippen LogP contribution in [0.25, 0.3) is 0 Å². The van der Waals surface area contributed by atoms with Crippen LogP contribution in [0.5, 0.6) is 5.75 Å². The van der Waals surface area contributed by atoms with Crippen molar-refractivity contribution in [2.75, 3.05) is 36.9 Å². The maximum absolute atomic E-state index is 12.3. The Hall–Kier alpha value is -3.43. The van der Waals surface area contributed by atoms with Crippen molar-refractivity contribution in [1.29, 1.82) is 0 Å². The molecule has 40 heavy (non-hydrogen) atoms. The fraction of sp³-hybridized carbons (Fsp3) is 0.406. The second-order valence-electron chi connectivity index (χ2n) is 9.85. The van der Waals surface area contributed by atoms with Gasteiger partial charge < -0.3 is 36.0 Å². The van der Waals surface area contributed by atoms with Crippen LogP contribution in [-0.4, -0.2) is 47.7 Å². The van der Waals surface area contributed by atoms with Crippen molar-refractivity contribution in [3.05, 3.63) is 89.5 Å². The summed E-state index contributed by atoms with van der Waals surface area (Å²) in [4.78, 5) is 12.3. The van der Waals surface area contributed by atoms with Gasteiger partial charge in [0, 0.05) is 36.7 Å². The normalized spacial score (nSPS) is 11.8. The molecule has 3 aromatic rings. The molecule has 0 fully saturated rings. The molecule has 1 atom stereocenters. The monoisotopic (exact) mass is 549 g/mol. The standard InChI is InChI=1S/C32H43N3O5/c36-24-27-22-26(17-18-30(27)37)31(38)23-33-19-9-1-2-10-20-40-21-11-8-13-25-12-6-7-16-29(25)35-32(39)34-28-14-4-3-5-15-28/h3-7,12,14-18,22,31,33,36-38H,1-2,8-11,13,19-21,23-24H2,(H2,34,35,39)/t31-/m0/s1. The van der Waals surface area contributed by atoms with E-state index in [1.165, 1.54) is 6.07 Å². The molecule has 0 radical (unpaired) electrons. The summed E-state index contributed by atoms with van der Waals surface area (Å²) in [6.07, 6.45) is 6.42. The fourth-order valence-electron chi connectivity index (χ4n) is 4.39. The number of rotatable bonds is 18. The molecule has 0 heterocycles. The first-order valence-electron chi connectivity index (χ1n) is 14.2. The van der Waals surface area contributed by atoms with E-state index in [-0.39, 0.29) is 18.4 Å². The van der Waals surface area contributed by atoms with E-state index in [0.29, 0.717) is 17.7 Å². The maximum Gasteiger partial charge on any atom is 0.323 e. The third kappa shape index (κ3) is 11.4. The Bertz CT molecular complexity index is 1140. The number of aliphatic hydroxyl groups excluding tert-OH is 2. The number of aromatic hydroxyl groups is 1. The highest BCUT2D eigenvalue weighted by Crippen LogP contribution is 2.22. The average Bonchev–Trinajstić information content (AvgIpc) is 2.97. The summed E-state index contributed by atoms with van der Waals surface area (Å²) >= 11 is 0. The number of carbonyl (C=O) groups is 1. The average molecular weight is 550 g/mol. The van der Waals surface area contributed by atoms with Gasteiger partial charge in [0.1, 0.15) is 5.75 Å². The molecule has 3 aromatic carbocycles. The second kappa shape index (κ2) is 18.0. The number of hydrogen-bond acceptors (Lipinski definition) is 6. The SMILES string of the molecule is O=C(Nc1ccccc1)Nc1ccccc1CCCCOCCCCCCNC[C@H](O)c1ccc(O)c(CO)c1. The Balaban J connectivity index is 1.18. The van der Waals surface area contributed by atoms with Crippen molar-refractivity contribution in [2.24, 2.45) is 0 Å². The van der Waals surface area contributed by atoms with E-state index in [4.69, 9.17) is 4.74 Å². The summed E-state index contributed by atoms with van der Waals surface area (Å²) < 4.78 is 5.80. The van der Waals surface area contributed by atoms with Crippen LogP contribution in [0.1, 0.15) is 61.3 Å². The molecule has 6 N–H and O–H groups in total. The zero-order chi connectivity index (χ0) is 28.4. The third-order valence-corrected chi connectivity index (χ3v) is 6.67. The van der Waals surface area contributed by atoms with E-state index >= 15 is 0 Å². The third-order valence-electron chi connectivity index (χ3n) is 6.67. The number of hydrogen-bond donors (Lipinski definition) is 6. The van der Waals surface area contributed by atoms with Crippen LogP contribution in [0.2, 0.25) is 0 Å². The molecule has 0 bridgehead atoms. The van der Waals surface area contributed by atoms with Crippen LogP contribution in [0, 0.1) is 0 Å². The summed E-state index contributed by atoms with van der Waals surface area (Å²) in [6, 6.07) is 21.8. The van der Waals surface area contributed by atoms with Gasteiger partial charge in [-0.25, -0.2) is 4.79 Å². The van der Waals surface area contributed by atoms with Gasteiger partial charge in [0.2, 0.25) is 0 Å². The number of unbranched alkanes of at least 4 members (excludes halogenated alkanes) is 4. The fourth-order valence-corrected chi connectivity index (χ4v) is 4.39. The van der Waals surface area contributed by atoms with Crippen molar-refractivity contribution < 1.29 is 24.9 Å². The number of para-hydroxylation sites is 2. The highest BCUT2D eigenvalue weighted by molar-refractivity contribution is 6.00. The van der Waals surface area contributed by atoms with Crippen molar-refractivity contribution in [3.8, 4) is 5.75 Å². The number of amides is 2. The summed E-state index contributed by atoms with van der Waals surface area (Å²) in [6.45, 7) is 2.50. The van der Waals surface area contributed by atoms with E-state index in [9.17, 15) is 20.1 Å². The Morgan fingerprint density at radius 2 is 1.52 bits per heavy atom. The van der Waals surface area contributed by atoms with Gasteiger partial charge in [0.05, 0.1) is 12.7 Å². The molecule has 8 nitrogen and oxygen atoms in total. The number of aryl methyl sites for hydroxylation is 1. The van der Waals surface area contributed by atoms with E-state index in [1.54, 1.807) is 12.1 Å². The van der Waals surface area contributed by atoms with Crippen LogP contribution in [0.4, 0.5) is 16.2 Å². The van der Waals surface area contributed by atoms with Gasteiger partial charge in [-0.3, -0.25) is 0 Å². The summed E-state index contributed by atoms with van der Waals surface area (Å²) in [7, 11) is 0. The largest absolute Gasteiger partial charge is 0.508 e. The minimum absolute atomic E-state index is 0.0381. The van der Waals surface area contributed by atoms with Crippen molar-refractivity contribution in [1.82, 2.24) is 5.32 Å². The van der Waals surface area contributed by atoms with E-state index in [0.717, 1.165) is 81.6 Å². The lowest BCUT2D eigenvalue weighted by Gasteiger charge is -2.14. The van der Waals surface area contributed by atoms with Gasteiger partial charge in [0.25, 0.3) is 0 Å². The summed E-state index contributed by atoms with van der Waals surface area (Å²) in [5, 5.41) is 38.3. The molecule has 0 aromatic heterocycles. The quantitative estimate of drug-likeness (QED) is 0.112. The lowest BCUT2D eigenvalue weighted by molar-refractivity contribution is 0.126. The Morgan fingerprint density at radius 1 is 0.800 bits per heavy atom. The number of nitrogens with one attached hydrogen (secondary N) is 3. The molecule has 2 amide bonds. The molecular formula is C32H43N3O5. The number of ether oxygens (including phenoxy) is 1. The van der Waals surface area contributed by atoms with Crippen LogP contribution in [-0.2, 0) is 17.8 Å². The molecule has 216 valence electrons. The van der Waals surface area contributed by atoms with Gasteiger partial charge in [-0.2, -0.15) is 0 Å². The minimum Gasteiger partial charge on any atom is -0.508 e. The smallest absolute Gasteiger partial charge is 0.323 e. The molecule has 0 aliphatic rings. The second-order valence-corrected chi connectivity index (χ2v) is 9.85. The predicted molar refractivity (Wildman–Crippen MR) is 160 cm³/mol. The van der Waals surface area contributed by atoms with Crippen LogP contribution in [0.15, 0.2) is 72.8 Å². The van der Waals surface area contributed by atoms with Crippen LogP contribution >= 0.6 is 0 Å². The Kier molecular flexibility index (Phi) is 14.0. The highest BCUT2D eigenvalue weighted by Gasteiger charge is 2.10. The van der Waals surface area contributed by atoms with Crippen LogP contribution < -0.4 is 16.0 Å². The van der Waals surface area contributed by atoms with E-state index in [1.807, 2.05) is 48.5 Å². The Morgan fingerprint density at radius 3 is 2.33 bits per heavy atom. The molecule has 0 saturated carbocycles. The number of phenols is 1. The number of aliphatic hydroxyl groups is 2. The minimum atomic E-state index is -0.678. The lowest BCUT2D eigenvalue weighted by atomic mass is 10.1. The summed E-state index contributed by atoms with van der Waals surface area (Å²) in [5.74, 6) is 0.0381. The number of anilines is 2. The topological polar surface area (TPSA) is 123 Å². The number of benzene rings is 3. The molecule has 0 aliphatic carbocycles. The van der Waals surface area contributed by atoms with Gasteiger partial charge >= 0.3 is 6.03 Å². The first-order chi connectivity index (χ1) is 19.6. The summed E-state index contributed by atoms with van der Waals surface area (Å²) in [5.41, 5.74) is 3.80. The van der Waals surface area contributed by atoms with Gasteiger partial charge in [0.15, 0.2) is 0 Å². The number of urea groups is 1. The predicted octanol–water partition coefficient (Wildman–Crippen LogP) is 5.75. The molecule has 8 heteroatoms. The molecule has 0 unspecified atom stereocenters. The maximum atomic E-state index is 12.3. The molecule has 0 spiro atoms. The molecule has 0 saturated heterocycles. The molecular weight excluding hydrogens is 506 g/mol. The van der Waals surface area contributed by atoms with Gasteiger partial charge in [-0.1, -0.05) is 55.3 Å². The lowest BCUT2D eigenvalue weighted by Crippen LogP contribution is -2.22. The first kappa shape index (κ1) is 31.1. The zero-order valence-corrected chi connectivity index (χ0v) is 23.1. The van der Waals surface area contributed by atoms with Gasteiger partial charge in [-0.15, -0.1) is 0 Å². The van der Waals surface area contributed by atoms with Gasteiger partial charge in [-0.05, 0) is 80.1 Å². The highest BCUT2D eigenvalue weighted by atomic mass is 16.5. The Labute approximate surface area is 237 Å². The van der Waals surface area contributed by atoms with Crippen molar-refractivity contribution in [3.63, 3.8) is 0 Å². The molecule has 0 aliphatic heterocycles. The van der Waals surface area contributed by atoms with E-state index < -0.39 is 6.10 Å².